The van der Waals surface area contributed by atoms with Crippen LogP contribution in [-0.2, 0) is 9.53 Å². The molecule has 0 saturated carbocycles. The molecule has 1 atom stereocenters. The van der Waals surface area contributed by atoms with E-state index in [9.17, 15) is 9.59 Å². The quantitative estimate of drug-likeness (QED) is 0.446. The van der Waals surface area contributed by atoms with Gasteiger partial charge in [-0.05, 0) is 19.4 Å². The molecule has 8 nitrogen and oxygen atoms in total. The van der Waals surface area contributed by atoms with Gasteiger partial charge >= 0.3 is 12.0 Å². The molecule has 2 heterocycles. The molecule has 0 radical (unpaired) electrons. The number of thioether (sulfide) groups is 1. The first-order valence-electron chi connectivity index (χ1n) is 8.85. The van der Waals surface area contributed by atoms with Crippen LogP contribution in [-0.4, -0.2) is 41.1 Å². The van der Waals surface area contributed by atoms with Gasteiger partial charge < -0.3 is 20.7 Å². The molecule has 0 fully saturated rings. The number of benzene rings is 1. The molecule has 0 aliphatic carbocycles. The van der Waals surface area contributed by atoms with Crippen molar-refractivity contribution in [1.82, 2.24) is 20.8 Å². The highest BCUT2D eigenvalue weighted by molar-refractivity contribution is 8.01. The third kappa shape index (κ3) is 4.82. The van der Waals surface area contributed by atoms with Crippen molar-refractivity contribution in [2.24, 2.45) is 0 Å². The second kappa shape index (κ2) is 9.56. The summed E-state index contributed by atoms with van der Waals surface area (Å²) in [5, 5.41) is 17.6. The van der Waals surface area contributed by atoms with Crippen LogP contribution in [0, 0.1) is 0 Å². The molecule has 28 heavy (non-hydrogen) atoms. The number of ether oxygens (including phenoxy) is 1. The van der Waals surface area contributed by atoms with Crippen molar-refractivity contribution in [1.29, 1.82) is 0 Å². The Morgan fingerprint density at radius 2 is 2.07 bits per heavy atom. The fourth-order valence-electron chi connectivity index (χ4n) is 2.70. The van der Waals surface area contributed by atoms with E-state index in [4.69, 9.17) is 4.74 Å². The molecular weight excluding hydrogens is 398 g/mol. The Labute approximate surface area is 171 Å². The van der Waals surface area contributed by atoms with Crippen molar-refractivity contribution in [3.8, 4) is 0 Å². The fraction of sp³-hybridized carbons (Fsp3) is 0.333. The average molecular weight is 420 g/mol. The van der Waals surface area contributed by atoms with Gasteiger partial charge in [-0.3, -0.25) is 0 Å². The highest BCUT2D eigenvalue weighted by Gasteiger charge is 2.33. The van der Waals surface area contributed by atoms with Gasteiger partial charge in [-0.15, -0.1) is 10.2 Å². The largest absolute Gasteiger partial charge is 0.463 e. The van der Waals surface area contributed by atoms with E-state index in [1.165, 1.54) is 23.1 Å². The Balaban J connectivity index is 1.89. The lowest BCUT2D eigenvalue weighted by atomic mass is 9.95. The Bertz CT molecular complexity index is 869. The first-order chi connectivity index (χ1) is 13.6. The highest BCUT2D eigenvalue weighted by Crippen LogP contribution is 2.32. The van der Waals surface area contributed by atoms with Crippen molar-refractivity contribution >= 4 is 40.2 Å². The number of amides is 2. The molecule has 2 amide bonds. The van der Waals surface area contributed by atoms with Crippen LogP contribution >= 0.6 is 23.1 Å². The second-order valence-corrected chi connectivity index (χ2v) is 7.95. The third-order valence-corrected chi connectivity index (χ3v) is 5.90. The molecule has 0 saturated heterocycles. The normalized spacial score (nSPS) is 16.4. The Morgan fingerprint density at radius 3 is 2.79 bits per heavy atom. The summed E-state index contributed by atoms with van der Waals surface area (Å²) >= 11 is 2.84. The minimum absolute atomic E-state index is 0.251. The van der Waals surface area contributed by atoms with E-state index in [0.29, 0.717) is 17.0 Å². The van der Waals surface area contributed by atoms with Crippen molar-refractivity contribution < 1.29 is 14.3 Å². The lowest BCUT2D eigenvalue weighted by molar-refractivity contribution is -0.139. The Kier molecular flexibility index (Phi) is 6.88. The number of urea groups is 1. The number of hydrogen-bond acceptors (Lipinski definition) is 8. The lowest BCUT2D eigenvalue weighted by Gasteiger charge is -2.29. The number of nitrogens with zero attached hydrogens (tertiary/aromatic N) is 2. The minimum Gasteiger partial charge on any atom is -0.463 e. The maximum absolute atomic E-state index is 12.7. The topological polar surface area (TPSA) is 105 Å². The predicted molar refractivity (Wildman–Crippen MR) is 109 cm³/mol. The first kappa shape index (κ1) is 20.2. The van der Waals surface area contributed by atoms with Crippen molar-refractivity contribution in [2.75, 3.05) is 24.2 Å². The van der Waals surface area contributed by atoms with Crippen molar-refractivity contribution in [3.63, 3.8) is 0 Å². The summed E-state index contributed by atoms with van der Waals surface area (Å²) in [5.74, 6) is -0.0869. The molecule has 148 valence electrons. The van der Waals surface area contributed by atoms with Gasteiger partial charge in [0.1, 0.15) is 0 Å². The summed E-state index contributed by atoms with van der Waals surface area (Å²) in [6, 6.07) is 8.42. The van der Waals surface area contributed by atoms with E-state index < -0.39 is 12.0 Å². The van der Waals surface area contributed by atoms with Crippen LogP contribution in [0.25, 0.3) is 0 Å². The molecular formula is C18H21N5O3S2. The number of nitrogens with one attached hydrogen (secondary N) is 3. The maximum Gasteiger partial charge on any atom is 0.338 e. The van der Waals surface area contributed by atoms with Crippen LogP contribution in [0.2, 0.25) is 0 Å². The van der Waals surface area contributed by atoms with Gasteiger partial charge in [0.25, 0.3) is 0 Å². The number of rotatable bonds is 8. The molecule has 1 aromatic heterocycles. The molecule has 3 rings (SSSR count). The summed E-state index contributed by atoms with van der Waals surface area (Å²) in [6.45, 7) is 4.75. The number of aromatic nitrogens is 2. The smallest absolute Gasteiger partial charge is 0.338 e. The fourth-order valence-corrected chi connectivity index (χ4v) is 4.49. The molecule has 0 bridgehead atoms. The van der Waals surface area contributed by atoms with Crippen LogP contribution in [0.4, 0.5) is 9.93 Å². The van der Waals surface area contributed by atoms with Gasteiger partial charge in [-0.25, -0.2) is 9.59 Å². The van der Waals surface area contributed by atoms with Crippen LogP contribution in [0.1, 0.15) is 25.5 Å². The van der Waals surface area contributed by atoms with E-state index in [0.717, 1.165) is 21.6 Å². The summed E-state index contributed by atoms with van der Waals surface area (Å²) in [4.78, 5) is 24.9. The Morgan fingerprint density at radius 1 is 1.29 bits per heavy atom. The minimum atomic E-state index is -0.573. The zero-order chi connectivity index (χ0) is 19.9. The van der Waals surface area contributed by atoms with E-state index in [1.54, 1.807) is 6.92 Å². The summed E-state index contributed by atoms with van der Waals surface area (Å²) in [5.41, 5.74) is 1.73. The summed E-state index contributed by atoms with van der Waals surface area (Å²) < 4.78 is 6.00. The predicted octanol–water partition coefficient (Wildman–Crippen LogP) is 2.93. The van der Waals surface area contributed by atoms with Gasteiger partial charge in [0.05, 0.1) is 18.2 Å². The number of hydrogen-bond donors (Lipinski definition) is 3. The van der Waals surface area contributed by atoms with E-state index in [1.807, 2.05) is 37.3 Å². The van der Waals surface area contributed by atoms with Crippen molar-refractivity contribution in [3.05, 3.63) is 47.2 Å². The van der Waals surface area contributed by atoms with Gasteiger partial charge in [-0.2, -0.15) is 0 Å². The van der Waals surface area contributed by atoms with Crippen LogP contribution in [0.3, 0.4) is 0 Å². The molecule has 1 aliphatic heterocycles. The average Bonchev–Trinajstić information content (AvgIpc) is 3.14. The van der Waals surface area contributed by atoms with Gasteiger partial charge in [0.15, 0.2) is 4.34 Å². The maximum atomic E-state index is 12.7. The molecule has 2 aromatic rings. The van der Waals surface area contributed by atoms with Gasteiger partial charge in [0, 0.05) is 18.0 Å². The van der Waals surface area contributed by atoms with Crippen LogP contribution in [0.15, 0.2) is 45.9 Å². The SMILES string of the molecule is CCNc1nnc(SCC2=C(C(=O)OCC)C(c3ccccc3)NC(=O)N2)s1. The lowest BCUT2D eigenvalue weighted by Crippen LogP contribution is -2.46. The monoisotopic (exact) mass is 419 g/mol. The number of carbonyl (C=O) groups excluding carboxylic acids is 2. The zero-order valence-corrected chi connectivity index (χ0v) is 17.2. The Hall–Kier alpha value is -2.59. The second-order valence-electron chi connectivity index (χ2n) is 5.75. The van der Waals surface area contributed by atoms with Gasteiger partial charge in [-0.1, -0.05) is 53.4 Å². The van der Waals surface area contributed by atoms with E-state index >= 15 is 0 Å². The molecule has 3 N–H and O–H groups in total. The molecule has 1 aliphatic rings. The number of carbonyl (C=O) groups is 2. The molecule has 10 heteroatoms. The van der Waals surface area contributed by atoms with E-state index in [-0.39, 0.29) is 12.6 Å². The summed E-state index contributed by atoms with van der Waals surface area (Å²) in [7, 11) is 0. The third-order valence-electron chi connectivity index (χ3n) is 3.86. The van der Waals surface area contributed by atoms with Crippen molar-refractivity contribution in [2.45, 2.75) is 24.2 Å². The molecule has 1 unspecified atom stereocenters. The van der Waals surface area contributed by atoms with Crippen LogP contribution < -0.4 is 16.0 Å². The molecule has 0 spiro atoms. The van der Waals surface area contributed by atoms with Crippen LogP contribution in [0.5, 0.6) is 0 Å². The van der Waals surface area contributed by atoms with Gasteiger partial charge in [0.2, 0.25) is 5.13 Å². The first-order valence-corrected chi connectivity index (χ1v) is 10.6. The van der Waals surface area contributed by atoms with E-state index in [2.05, 4.69) is 26.1 Å². The highest BCUT2D eigenvalue weighted by atomic mass is 32.2. The zero-order valence-electron chi connectivity index (χ0n) is 15.5. The standard InChI is InChI=1S/C18H21N5O3S2/c1-3-19-17-22-23-18(28-17)27-10-12-13(15(24)26-4-2)14(21-16(25)20-12)11-8-6-5-7-9-11/h5-9,14H,3-4,10H2,1-2H3,(H,19,22)(H2,20,21,25). The number of esters is 1. The molecule has 1 aromatic carbocycles. The number of anilines is 1. The summed E-state index contributed by atoms with van der Waals surface area (Å²) in [6.07, 6.45) is 0.